The average Bonchev–Trinajstić information content (AvgIpc) is 2.41. The van der Waals surface area contributed by atoms with Gasteiger partial charge in [0.05, 0.1) is 6.42 Å². The molecule has 3 heteroatoms. The lowest BCUT2D eigenvalue weighted by atomic mass is 10.1. The van der Waals surface area contributed by atoms with Crippen LogP contribution in [-0.2, 0) is 17.8 Å². The topological polar surface area (TPSA) is 49.3 Å². The fourth-order valence-electron chi connectivity index (χ4n) is 1.77. The number of aromatic hydroxyl groups is 1. The van der Waals surface area contributed by atoms with Crippen molar-refractivity contribution in [2.75, 3.05) is 0 Å². The molecule has 0 fully saturated rings. The second-order valence-electron chi connectivity index (χ2n) is 4.61. The Bertz CT molecular complexity index is 544. The Morgan fingerprint density at radius 3 is 2.21 bits per heavy atom. The van der Waals surface area contributed by atoms with Crippen molar-refractivity contribution in [1.82, 2.24) is 5.32 Å². The Morgan fingerprint density at radius 2 is 1.58 bits per heavy atom. The Kier molecular flexibility index (Phi) is 4.18. The quantitative estimate of drug-likeness (QED) is 0.882. The molecule has 0 saturated carbocycles. The highest BCUT2D eigenvalue weighted by atomic mass is 16.3. The predicted octanol–water partition coefficient (Wildman–Crippen LogP) is 2.56. The number of nitrogens with one attached hydrogen (secondary N) is 1. The zero-order chi connectivity index (χ0) is 13.7. The smallest absolute Gasteiger partial charge is 0.224 e. The number of phenolic OH excluding ortho intramolecular Hbond substituents is 1. The second-order valence-corrected chi connectivity index (χ2v) is 4.61. The Morgan fingerprint density at radius 1 is 1.00 bits per heavy atom. The number of benzene rings is 2. The van der Waals surface area contributed by atoms with Gasteiger partial charge in [0.25, 0.3) is 0 Å². The van der Waals surface area contributed by atoms with Gasteiger partial charge in [-0.2, -0.15) is 0 Å². The molecule has 19 heavy (non-hydrogen) atoms. The van der Waals surface area contributed by atoms with E-state index >= 15 is 0 Å². The summed E-state index contributed by atoms with van der Waals surface area (Å²) in [5, 5.41) is 12.0. The third-order valence-corrected chi connectivity index (χ3v) is 2.91. The van der Waals surface area contributed by atoms with Crippen LogP contribution < -0.4 is 5.32 Å². The fraction of sp³-hybridized carbons (Fsp3) is 0.188. The minimum atomic E-state index is -0.00284. The maximum Gasteiger partial charge on any atom is 0.224 e. The van der Waals surface area contributed by atoms with Crippen molar-refractivity contribution in [3.05, 3.63) is 65.2 Å². The van der Waals surface area contributed by atoms with Crippen molar-refractivity contribution in [3.63, 3.8) is 0 Å². The maximum atomic E-state index is 11.8. The zero-order valence-corrected chi connectivity index (χ0v) is 10.9. The molecule has 3 nitrogen and oxygen atoms in total. The number of aryl methyl sites for hydroxylation is 1. The van der Waals surface area contributed by atoms with Gasteiger partial charge in [0.2, 0.25) is 5.91 Å². The summed E-state index contributed by atoms with van der Waals surface area (Å²) in [6.45, 7) is 2.50. The van der Waals surface area contributed by atoms with Gasteiger partial charge in [0.1, 0.15) is 5.75 Å². The third kappa shape index (κ3) is 4.14. The lowest BCUT2D eigenvalue weighted by Gasteiger charge is -2.06. The maximum absolute atomic E-state index is 11.8. The molecule has 2 N–H and O–H groups in total. The molecule has 0 aromatic heterocycles. The van der Waals surface area contributed by atoms with E-state index in [4.69, 9.17) is 5.11 Å². The van der Waals surface area contributed by atoms with Crippen LogP contribution in [0.3, 0.4) is 0 Å². The van der Waals surface area contributed by atoms with E-state index in [2.05, 4.69) is 5.32 Å². The molecule has 0 atom stereocenters. The van der Waals surface area contributed by atoms with Crippen LogP contribution in [0.15, 0.2) is 48.5 Å². The van der Waals surface area contributed by atoms with E-state index in [1.54, 1.807) is 24.3 Å². The SMILES string of the molecule is Cc1ccc(CC(=O)NCc2ccc(O)cc2)cc1. The van der Waals surface area contributed by atoms with Gasteiger partial charge in [0.15, 0.2) is 0 Å². The van der Waals surface area contributed by atoms with Gasteiger partial charge in [-0.15, -0.1) is 0 Å². The van der Waals surface area contributed by atoms with Gasteiger partial charge in [0, 0.05) is 6.54 Å². The van der Waals surface area contributed by atoms with Crippen molar-refractivity contribution in [2.24, 2.45) is 0 Å². The van der Waals surface area contributed by atoms with Crippen LogP contribution in [0.1, 0.15) is 16.7 Å². The molecular formula is C16H17NO2. The highest BCUT2D eigenvalue weighted by Crippen LogP contribution is 2.09. The van der Waals surface area contributed by atoms with Crippen molar-refractivity contribution in [2.45, 2.75) is 19.9 Å². The first-order chi connectivity index (χ1) is 9.13. The largest absolute Gasteiger partial charge is 0.508 e. The molecular weight excluding hydrogens is 238 g/mol. The lowest BCUT2D eigenvalue weighted by molar-refractivity contribution is -0.120. The van der Waals surface area contributed by atoms with Gasteiger partial charge in [-0.1, -0.05) is 42.0 Å². The Balaban J connectivity index is 1.84. The van der Waals surface area contributed by atoms with E-state index in [0.717, 1.165) is 11.1 Å². The molecule has 0 spiro atoms. The normalized spacial score (nSPS) is 10.2. The number of carbonyl (C=O) groups is 1. The highest BCUT2D eigenvalue weighted by Gasteiger charge is 2.03. The molecule has 0 radical (unpaired) electrons. The van der Waals surface area contributed by atoms with Crippen LogP contribution in [-0.4, -0.2) is 11.0 Å². The van der Waals surface area contributed by atoms with Crippen LogP contribution in [0, 0.1) is 6.92 Å². The first-order valence-corrected chi connectivity index (χ1v) is 6.23. The molecule has 98 valence electrons. The summed E-state index contributed by atoms with van der Waals surface area (Å²) in [5.41, 5.74) is 3.16. The highest BCUT2D eigenvalue weighted by molar-refractivity contribution is 5.78. The Hall–Kier alpha value is -2.29. The van der Waals surface area contributed by atoms with Crippen molar-refractivity contribution in [1.29, 1.82) is 0 Å². The molecule has 2 rings (SSSR count). The summed E-state index contributed by atoms with van der Waals surface area (Å²) in [5.74, 6) is 0.228. The van der Waals surface area contributed by atoms with Crippen LogP contribution >= 0.6 is 0 Å². The van der Waals surface area contributed by atoms with Gasteiger partial charge in [-0.3, -0.25) is 4.79 Å². The van der Waals surface area contributed by atoms with E-state index in [1.165, 1.54) is 5.56 Å². The van der Waals surface area contributed by atoms with Gasteiger partial charge in [-0.05, 0) is 30.2 Å². The summed E-state index contributed by atoms with van der Waals surface area (Å²) >= 11 is 0. The molecule has 2 aromatic rings. The Labute approximate surface area is 112 Å². The minimum Gasteiger partial charge on any atom is -0.508 e. The summed E-state index contributed by atoms with van der Waals surface area (Å²) in [4.78, 5) is 11.8. The minimum absolute atomic E-state index is 0.00284. The number of rotatable bonds is 4. The fourth-order valence-corrected chi connectivity index (χ4v) is 1.77. The van der Waals surface area contributed by atoms with Crippen molar-refractivity contribution in [3.8, 4) is 5.75 Å². The van der Waals surface area contributed by atoms with Crippen molar-refractivity contribution < 1.29 is 9.90 Å². The van der Waals surface area contributed by atoms with Gasteiger partial charge in [-0.25, -0.2) is 0 Å². The number of amides is 1. The number of hydrogen-bond donors (Lipinski definition) is 2. The average molecular weight is 255 g/mol. The van der Waals surface area contributed by atoms with Gasteiger partial charge < -0.3 is 10.4 Å². The number of carbonyl (C=O) groups excluding carboxylic acids is 1. The molecule has 0 bridgehead atoms. The molecule has 0 aliphatic heterocycles. The molecule has 0 heterocycles. The van der Waals surface area contributed by atoms with E-state index in [9.17, 15) is 4.79 Å². The predicted molar refractivity (Wildman–Crippen MR) is 74.8 cm³/mol. The van der Waals surface area contributed by atoms with Crippen molar-refractivity contribution >= 4 is 5.91 Å². The summed E-state index contributed by atoms with van der Waals surface area (Å²) < 4.78 is 0. The molecule has 0 aliphatic rings. The first kappa shape index (κ1) is 13.1. The second kappa shape index (κ2) is 6.05. The number of phenols is 1. The number of hydrogen-bond acceptors (Lipinski definition) is 2. The van der Waals surface area contributed by atoms with Crippen LogP contribution in [0.4, 0.5) is 0 Å². The first-order valence-electron chi connectivity index (χ1n) is 6.23. The summed E-state index contributed by atoms with van der Waals surface area (Å²) in [7, 11) is 0. The monoisotopic (exact) mass is 255 g/mol. The standard InChI is InChI=1S/C16H17NO2/c1-12-2-4-13(5-3-12)10-16(19)17-11-14-6-8-15(18)9-7-14/h2-9,18H,10-11H2,1H3,(H,17,19). The van der Waals surface area contributed by atoms with E-state index < -0.39 is 0 Å². The van der Waals surface area contributed by atoms with E-state index in [-0.39, 0.29) is 11.7 Å². The third-order valence-electron chi connectivity index (χ3n) is 2.91. The summed E-state index contributed by atoms with van der Waals surface area (Å²) in [6, 6.07) is 14.8. The van der Waals surface area contributed by atoms with Crippen LogP contribution in [0.2, 0.25) is 0 Å². The van der Waals surface area contributed by atoms with E-state index in [0.29, 0.717) is 13.0 Å². The molecule has 2 aromatic carbocycles. The zero-order valence-electron chi connectivity index (χ0n) is 10.9. The molecule has 0 saturated heterocycles. The molecule has 0 aliphatic carbocycles. The van der Waals surface area contributed by atoms with Crippen LogP contribution in [0.25, 0.3) is 0 Å². The molecule has 0 unspecified atom stereocenters. The lowest BCUT2D eigenvalue weighted by Crippen LogP contribution is -2.24. The van der Waals surface area contributed by atoms with Crippen LogP contribution in [0.5, 0.6) is 5.75 Å². The summed E-state index contributed by atoms with van der Waals surface area (Å²) in [6.07, 6.45) is 0.387. The van der Waals surface area contributed by atoms with E-state index in [1.807, 2.05) is 31.2 Å². The van der Waals surface area contributed by atoms with Gasteiger partial charge >= 0.3 is 0 Å². The molecule has 1 amide bonds.